The van der Waals surface area contributed by atoms with Crippen molar-refractivity contribution in [3.63, 3.8) is 0 Å². The fourth-order valence-electron chi connectivity index (χ4n) is 2.41. The van der Waals surface area contributed by atoms with Crippen LogP contribution >= 0.6 is 0 Å². The number of benzene rings is 1. The molecule has 5 heteroatoms. The third kappa shape index (κ3) is 4.73. The molecule has 2 rings (SSSR count). The predicted octanol–water partition coefficient (Wildman–Crippen LogP) is 3.28. The zero-order valence-electron chi connectivity index (χ0n) is 14.0. The number of ketones is 1. The molecule has 0 aliphatic carbocycles. The molecule has 0 saturated heterocycles. The van der Waals surface area contributed by atoms with E-state index in [0.29, 0.717) is 12.3 Å². The highest BCUT2D eigenvalue weighted by Crippen LogP contribution is 2.18. The number of rotatable bonds is 9. The van der Waals surface area contributed by atoms with Gasteiger partial charge >= 0.3 is 0 Å². The number of para-hydroxylation sites is 1. The van der Waals surface area contributed by atoms with Crippen LogP contribution in [-0.2, 0) is 11.2 Å². The van der Waals surface area contributed by atoms with Crippen LogP contribution in [0.1, 0.15) is 42.9 Å². The fraction of sp³-hybridized carbons (Fsp3) is 0.444. The van der Waals surface area contributed by atoms with Crippen molar-refractivity contribution in [2.75, 3.05) is 13.7 Å². The molecule has 0 atom stereocenters. The molecule has 23 heavy (non-hydrogen) atoms. The number of nitrogens with zero attached hydrogens (tertiary/aromatic N) is 3. The maximum Gasteiger partial charge on any atom is 0.189 e. The highest BCUT2D eigenvalue weighted by molar-refractivity contribution is 6.01. The van der Waals surface area contributed by atoms with Gasteiger partial charge in [-0.3, -0.25) is 4.79 Å². The average Bonchev–Trinajstić information content (AvgIpc) is 2.96. The van der Waals surface area contributed by atoms with Gasteiger partial charge in [0.2, 0.25) is 0 Å². The van der Waals surface area contributed by atoms with Gasteiger partial charge in [-0.25, -0.2) is 4.68 Å². The van der Waals surface area contributed by atoms with Crippen molar-refractivity contribution in [2.45, 2.75) is 33.1 Å². The first-order valence-corrected chi connectivity index (χ1v) is 8.01. The summed E-state index contributed by atoms with van der Waals surface area (Å²) in [7, 11) is 1.70. The van der Waals surface area contributed by atoms with E-state index in [2.05, 4.69) is 10.3 Å². The van der Waals surface area contributed by atoms with Crippen molar-refractivity contribution >= 4 is 5.78 Å². The Morgan fingerprint density at radius 3 is 2.65 bits per heavy atom. The normalized spacial score (nSPS) is 11.1. The van der Waals surface area contributed by atoms with Crippen LogP contribution in [0.25, 0.3) is 5.69 Å². The number of hydrogen-bond acceptors (Lipinski definition) is 4. The van der Waals surface area contributed by atoms with Gasteiger partial charge in [0, 0.05) is 20.1 Å². The lowest BCUT2D eigenvalue weighted by atomic mass is 10.0. The molecule has 5 nitrogen and oxygen atoms in total. The molecule has 0 aliphatic heterocycles. The van der Waals surface area contributed by atoms with Crippen molar-refractivity contribution in [1.82, 2.24) is 15.0 Å². The number of carbonyl (C=O) groups excluding carboxylic acids is 1. The quantitative estimate of drug-likeness (QED) is 0.526. The summed E-state index contributed by atoms with van der Waals surface area (Å²) in [4.78, 5) is 12.4. The number of Topliss-reactive ketones (excluding diaryl/α,β-unsaturated/α-hetero) is 1. The lowest BCUT2D eigenvalue weighted by Gasteiger charge is -2.08. The number of hydrogen-bond donors (Lipinski definition) is 0. The Bertz CT molecular complexity index is 620. The Labute approximate surface area is 137 Å². The lowest BCUT2D eigenvalue weighted by molar-refractivity contribution is 0.101. The van der Waals surface area contributed by atoms with Crippen molar-refractivity contribution in [3.05, 3.63) is 48.1 Å². The Balaban J connectivity index is 2.27. The monoisotopic (exact) mass is 314 g/mol. The molecular weight excluding hydrogens is 290 g/mol. The number of ether oxygens (including phenoxy) is 1. The predicted molar refractivity (Wildman–Crippen MR) is 89.6 cm³/mol. The molecule has 0 N–H and O–H groups in total. The van der Waals surface area contributed by atoms with Gasteiger partial charge in [0.25, 0.3) is 0 Å². The van der Waals surface area contributed by atoms with Crippen LogP contribution in [0.15, 0.2) is 30.3 Å². The zero-order chi connectivity index (χ0) is 16.7. The Morgan fingerprint density at radius 1 is 1.26 bits per heavy atom. The van der Waals surface area contributed by atoms with E-state index >= 15 is 0 Å². The van der Waals surface area contributed by atoms with E-state index in [1.165, 1.54) is 0 Å². The fourth-order valence-corrected chi connectivity index (χ4v) is 2.41. The second kappa shape index (κ2) is 8.58. The van der Waals surface area contributed by atoms with Gasteiger partial charge < -0.3 is 4.74 Å². The Kier molecular flexibility index (Phi) is 6.47. The van der Waals surface area contributed by atoms with E-state index in [1.54, 1.807) is 18.2 Å². The molecule has 0 amide bonds. The average molecular weight is 314 g/mol. The van der Waals surface area contributed by atoms with Crippen LogP contribution in [-0.4, -0.2) is 34.5 Å². The van der Waals surface area contributed by atoms with E-state index in [1.807, 2.05) is 44.2 Å². The minimum Gasteiger partial charge on any atom is -0.385 e. The molecule has 0 aliphatic rings. The molecule has 1 radical (unpaired) electrons. The number of carbonyl (C=O) groups is 1. The molecule has 2 aromatic rings. The smallest absolute Gasteiger partial charge is 0.189 e. The van der Waals surface area contributed by atoms with Crippen LogP contribution in [0.3, 0.4) is 0 Å². The summed E-state index contributed by atoms with van der Waals surface area (Å²) in [6, 6.07) is 9.79. The van der Waals surface area contributed by atoms with Crippen LogP contribution in [0.2, 0.25) is 0 Å². The molecule has 0 fully saturated rings. The maximum absolute atomic E-state index is 12.4. The van der Waals surface area contributed by atoms with Gasteiger partial charge in [-0.15, -0.1) is 5.10 Å². The first-order valence-electron chi connectivity index (χ1n) is 8.01. The maximum atomic E-state index is 12.4. The second-order valence-corrected chi connectivity index (χ2v) is 5.86. The van der Waals surface area contributed by atoms with Gasteiger partial charge in [0.15, 0.2) is 11.5 Å². The third-order valence-corrected chi connectivity index (χ3v) is 3.49. The van der Waals surface area contributed by atoms with Crippen molar-refractivity contribution < 1.29 is 9.53 Å². The van der Waals surface area contributed by atoms with Crippen molar-refractivity contribution in [3.8, 4) is 5.69 Å². The minimum atomic E-state index is -0.0519. The highest BCUT2D eigenvalue weighted by Gasteiger charge is 2.21. The number of aromatic nitrogens is 3. The summed E-state index contributed by atoms with van der Waals surface area (Å²) in [6.07, 6.45) is 4.31. The molecular formula is C18H24N3O2. The minimum absolute atomic E-state index is 0.0519. The summed E-state index contributed by atoms with van der Waals surface area (Å²) >= 11 is 0. The topological polar surface area (TPSA) is 57.0 Å². The summed E-state index contributed by atoms with van der Waals surface area (Å²) in [5, 5.41) is 8.35. The summed E-state index contributed by atoms with van der Waals surface area (Å²) in [5.41, 5.74) is 2.25. The van der Waals surface area contributed by atoms with Crippen LogP contribution < -0.4 is 0 Å². The highest BCUT2D eigenvalue weighted by atomic mass is 16.5. The largest absolute Gasteiger partial charge is 0.385 e. The molecule has 0 saturated carbocycles. The molecule has 1 heterocycles. The molecule has 0 spiro atoms. The van der Waals surface area contributed by atoms with E-state index < -0.39 is 0 Å². The van der Waals surface area contributed by atoms with E-state index in [4.69, 9.17) is 4.74 Å². The van der Waals surface area contributed by atoms with Crippen molar-refractivity contribution in [1.29, 1.82) is 0 Å². The second-order valence-electron chi connectivity index (χ2n) is 5.86. The molecule has 0 bridgehead atoms. The summed E-state index contributed by atoms with van der Waals surface area (Å²) in [6.45, 7) is 4.68. The Hall–Kier alpha value is -2.01. The molecule has 0 unspecified atom stereocenters. The SMILES string of the molecule is COCCCCc1c(C(=O)[CH]C(C)C)nnn1-c1ccccc1. The Morgan fingerprint density at radius 2 is 2.00 bits per heavy atom. The molecule has 1 aromatic carbocycles. The van der Waals surface area contributed by atoms with Gasteiger partial charge in [0.05, 0.1) is 11.4 Å². The summed E-state index contributed by atoms with van der Waals surface area (Å²) in [5.74, 6) is 0.134. The van der Waals surface area contributed by atoms with Gasteiger partial charge in [-0.1, -0.05) is 37.3 Å². The lowest BCUT2D eigenvalue weighted by Crippen LogP contribution is -2.10. The zero-order valence-corrected chi connectivity index (χ0v) is 14.0. The third-order valence-electron chi connectivity index (χ3n) is 3.49. The van der Waals surface area contributed by atoms with E-state index in [-0.39, 0.29) is 11.7 Å². The van der Waals surface area contributed by atoms with Crippen LogP contribution in [0.5, 0.6) is 0 Å². The number of methoxy groups -OCH3 is 1. The van der Waals surface area contributed by atoms with Crippen LogP contribution in [0, 0.1) is 12.3 Å². The van der Waals surface area contributed by atoms with E-state index in [0.717, 1.165) is 30.6 Å². The van der Waals surface area contributed by atoms with Gasteiger partial charge in [0.1, 0.15) is 0 Å². The molecule has 1 aromatic heterocycles. The van der Waals surface area contributed by atoms with Crippen molar-refractivity contribution in [2.24, 2.45) is 5.92 Å². The van der Waals surface area contributed by atoms with Gasteiger partial charge in [-0.05, 0) is 37.3 Å². The number of unbranched alkanes of at least 4 members (excludes halogenated alkanes) is 1. The summed E-state index contributed by atoms with van der Waals surface area (Å²) < 4.78 is 6.87. The van der Waals surface area contributed by atoms with Crippen LogP contribution in [0.4, 0.5) is 0 Å². The first-order chi connectivity index (χ1) is 11.1. The molecule has 123 valence electrons. The standard InChI is InChI=1S/C18H24N3O2/c1-14(2)13-17(22)18-16(11-7-8-12-23-3)21(20-19-18)15-9-5-4-6-10-15/h4-6,9-10,13-14H,7-8,11-12H2,1-3H3. The van der Waals surface area contributed by atoms with Gasteiger partial charge in [-0.2, -0.15) is 0 Å². The first kappa shape index (κ1) is 17.3. The van der Waals surface area contributed by atoms with E-state index in [9.17, 15) is 4.79 Å².